The fourth-order valence-corrected chi connectivity index (χ4v) is 2.49. The Kier molecular flexibility index (Phi) is 4.68. The van der Waals surface area contributed by atoms with Gasteiger partial charge >= 0.3 is 0 Å². The lowest BCUT2D eigenvalue weighted by Crippen LogP contribution is -2.20. The number of carbonyl (C=O) groups is 1. The second-order valence-corrected chi connectivity index (χ2v) is 5.19. The van der Waals surface area contributed by atoms with Gasteiger partial charge in [-0.15, -0.1) is 0 Å². The number of para-hydroxylation sites is 2. The van der Waals surface area contributed by atoms with Gasteiger partial charge in [-0.1, -0.05) is 42.5 Å². The van der Waals surface area contributed by atoms with Crippen molar-refractivity contribution in [1.29, 1.82) is 0 Å². The lowest BCUT2D eigenvalue weighted by molar-refractivity contribution is -0.121. The minimum Gasteiger partial charge on any atom is -0.367 e. The Bertz CT molecular complexity index is 796. The number of fused-ring (bicyclic) bond motifs is 1. The summed E-state index contributed by atoms with van der Waals surface area (Å²) in [5.41, 5.74) is 2.92. The quantitative estimate of drug-likeness (QED) is 0.760. The number of nitrogens with zero attached hydrogens (tertiary/aromatic N) is 2. The Morgan fingerprint density at radius 3 is 2.65 bits per heavy atom. The minimum atomic E-state index is -0.203. The molecule has 2 aromatic carbocycles. The van der Waals surface area contributed by atoms with Gasteiger partial charge in [-0.2, -0.15) is 0 Å². The summed E-state index contributed by atoms with van der Waals surface area (Å²) in [7, 11) is 0. The van der Waals surface area contributed by atoms with E-state index in [2.05, 4.69) is 10.3 Å². The van der Waals surface area contributed by atoms with Crippen LogP contribution in [0.1, 0.15) is 12.5 Å². The number of imidazole rings is 1. The van der Waals surface area contributed by atoms with Crippen molar-refractivity contribution < 1.29 is 9.53 Å². The number of amides is 1. The Balaban J connectivity index is 1.61. The summed E-state index contributed by atoms with van der Waals surface area (Å²) in [5, 5.41) is 2.83. The summed E-state index contributed by atoms with van der Waals surface area (Å²) in [6, 6.07) is 17.6. The molecule has 1 amide bonds. The molecule has 1 heterocycles. The molecule has 0 aliphatic carbocycles. The predicted octanol–water partition coefficient (Wildman–Crippen LogP) is 3.21. The van der Waals surface area contributed by atoms with Crippen LogP contribution < -0.4 is 5.32 Å². The van der Waals surface area contributed by atoms with Crippen LogP contribution in [-0.4, -0.2) is 22.1 Å². The number of rotatable bonds is 6. The molecule has 0 aliphatic rings. The zero-order chi connectivity index (χ0) is 16.1. The van der Waals surface area contributed by atoms with Gasteiger partial charge in [0.1, 0.15) is 6.61 Å². The summed E-state index contributed by atoms with van der Waals surface area (Å²) >= 11 is 0. The van der Waals surface area contributed by atoms with Crippen LogP contribution in [0, 0.1) is 0 Å². The molecule has 1 N–H and O–H groups in total. The van der Waals surface area contributed by atoms with Gasteiger partial charge in [0.25, 0.3) is 5.91 Å². The molecule has 0 spiro atoms. The third-order valence-corrected chi connectivity index (χ3v) is 3.57. The maximum absolute atomic E-state index is 12.1. The molecule has 23 heavy (non-hydrogen) atoms. The first-order chi connectivity index (χ1) is 11.3. The second kappa shape index (κ2) is 7.07. The Hall–Kier alpha value is -2.66. The number of benzene rings is 2. The number of nitrogens with one attached hydrogen (secondary N) is 1. The van der Waals surface area contributed by atoms with Crippen molar-refractivity contribution >= 4 is 22.9 Å². The molecule has 0 unspecified atom stereocenters. The van der Waals surface area contributed by atoms with Gasteiger partial charge in [-0.25, -0.2) is 4.98 Å². The molecule has 118 valence electrons. The number of anilines is 1. The first-order valence-corrected chi connectivity index (χ1v) is 7.64. The van der Waals surface area contributed by atoms with Crippen LogP contribution in [0.2, 0.25) is 0 Å². The molecule has 0 radical (unpaired) electrons. The molecule has 0 bridgehead atoms. The second-order valence-electron chi connectivity index (χ2n) is 5.19. The highest BCUT2D eigenvalue weighted by molar-refractivity contribution is 5.92. The first-order valence-electron chi connectivity index (χ1n) is 7.64. The number of ether oxygens (including phenoxy) is 1. The van der Waals surface area contributed by atoms with Gasteiger partial charge < -0.3 is 9.30 Å². The largest absolute Gasteiger partial charge is 0.367 e. The average molecular weight is 309 g/mol. The van der Waals surface area contributed by atoms with Crippen LogP contribution in [-0.2, 0) is 22.7 Å². The van der Waals surface area contributed by atoms with Crippen LogP contribution in [0.4, 0.5) is 5.95 Å². The lowest BCUT2D eigenvalue weighted by Gasteiger charge is -2.08. The smallest absolute Gasteiger partial charge is 0.252 e. The number of carbonyl (C=O) groups excluding carboxylic acids is 1. The summed E-state index contributed by atoms with van der Waals surface area (Å²) in [4.78, 5) is 16.5. The van der Waals surface area contributed by atoms with E-state index < -0.39 is 0 Å². The first kappa shape index (κ1) is 15.2. The fourth-order valence-electron chi connectivity index (χ4n) is 2.49. The monoisotopic (exact) mass is 309 g/mol. The van der Waals surface area contributed by atoms with E-state index in [1.54, 1.807) is 0 Å². The van der Waals surface area contributed by atoms with Gasteiger partial charge in [0.05, 0.1) is 17.6 Å². The van der Waals surface area contributed by atoms with Crippen molar-refractivity contribution in [3.63, 3.8) is 0 Å². The number of hydrogen-bond donors (Lipinski definition) is 1. The van der Waals surface area contributed by atoms with Crippen LogP contribution in [0.25, 0.3) is 11.0 Å². The van der Waals surface area contributed by atoms with E-state index in [1.807, 2.05) is 66.1 Å². The molecule has 0 atom stereocenters. The lowest BCUT2D eigenvalue weighted by atomic mass is 10.2. The predicted molar refractivity (Wildman–Crippen MR) is 90.1 cm³/mol. The highest BCUT2D eigenvalue weighted by atomic mass is 16.5. The summed E-state index contributed by atoms with van der Waals surface area (Å²) in [6.07, 6.45) is 0. The Morgan fingerprint density at radius 1 is 1.13 bits per heavy atom. The van der Waals surface area contributed by atoms with Gasteiger partial charge in [0.15, 0.2) is 0 Å². The number of aromatic nitrogens is 2. The standard InChI is InChI=1S/C18H19N3O2/c1-2-21-16-11-7-6-10-15(16)19-18(21)20-17(22)13-23-12-14-8-4-3-5-9-14/h3-11H,2,12-13H2,1H3,(H,19,20,22). The van der Waals surface area contributed by atoms with Crippen molar-refractivity contribution in [1.82, 2.24) is 9.55 Å². The highest BCUT2D eigenvalue weighted by Gasteiger charge is 2.11. The number of aryl methyl sites for hydroxylation is 1. The van der Waals surface area contributed by atoms with E-state index in [9.17, 15) is 4.79 Å². The molecule has 0 saturated heterocycles. The minimum absolute atomic E-state index is 0.00180. The fraction of sp³-hybridized carbons (Fsp3) is 0.222. The molecule has 3 aromatic rings. The molecule has 1 aromatic heterocycles. The van der Waals surface area contributed by atoms with Crippen molar-refractivity contribution in [3.8, 4) is 0 Å². The number of hydrogen-bond acceptors (Lipinski definition) is 3. The van der Waals surface area contributed by atoms with E-state index in [-0.39, 0.29) is 12.5 Å². The van der Waals surface area contributed by atoms with Crippen molar-refractivity contribution in [3.05, 3.63) is 60.2 Å². The van der Waals surface area contributed by atoms with Crippen molar-refractivity contribution in [2.24, 2.45) is 0 Å². The van der Waals surface area contributed by atoms with E-state index in [0.29, 0.717) is 12.6 Å². The highest BCUT2D eigenvalue weighted by Crippen LogP contribution is 2.19. The van der Waals surface area contributed by atoms with Crippen LogP contribution >= 0.6 is 0 Å². The third kappa shape index (κ3) is 3.57. The molecular weight excluding hydrogens is 290 g/mol. The van der Waals surface area contributed by atoms with E-state index in [4.69, 9.17) is 4.74 Å². The van der Waals surface area contributed by atoms with E-state index in [0.717, 1.165) is 23.1 Å². The zero-order valence-electron chi connectivity index (χ0n) is 13.0. The normalized spacial score (nSPS) is 10.8. The van der Waals surface area contributed by atoms with Crippen molar-refractivity contribution in [2.75, 3.05) is 11.9 Å². The molecule has 5 nitrogen and oxygen atoms in total. The van der Waals surface area contributed by atoms with Crippen LogP contribution in [0.5, 0.6) is 0 Å². The molecular formula is C18H19N3O2. The van der Waals surface area contributed by atoms with Crippen LogP contribution in [0.3, 0.4) is 0 Å². The molecule has 0 fully saturated rings. The SMILES string of the molecule is CCn1c(NC(=O)COCc2ccccc2)nc2ccccc21. The van der Waals surface area contributed by atoms with E-state index in [1.165, 1.54) is 0 Å². The van der Waals surface area contributed by atoms with Crippen LogP contribution in [0.15, 0.2) is 54.6 Å². The van der Waals surface area contributed by atoms with Gasteiger partial charge in [-0.3, -0.25) is 10.1 Å². The molecule has 5 heteroatoms. The average Bonchev–Trinajstić information content (AvgIpc) is 2.92. The summed E-state index contributed by atoms with van der Waals surface area (Å²) in [5.74, 6) is 0.355. The Morgan fingerprint density at radius 2 is 1.87 bits per heavy atom. The summed E-state index contributed by atoms with van der Waals surface area (Å²) in [6.45, 7) is 3.18. The maximum atomic E-state index is 12.1. The van der Waals surface area contributed by atoms with Crippen molar-refractivity contribution in [2.45, 2.75) is 20.1 Å². The topological polar surface area (TPSA) is 56.2 Å². The van der Waals surface area contributed by atoms with Gasteiger partial charge in [-0.05, 0) is 24.6 Å². The Labute approximate surface area is 134 Å². The van der Waals surface area contributed by atoms with Gasteiger partial charge in [0.2, 0.25) is 5.95 Å². The van der Waals surface area contributed by atoms with E-state index >= 15 is 0 Å². The maximum Gasteiger partial charge on any atom is 0.252 e. The summed E-state index contributed by atoms with van der Waals surface area (Å²) < 4.78 is 7.43. The third-order valence-electron chi connectivity index (χ3n) is 3.57. The zero-order valence-corrected chi connectivity index (χ0v) is 13.0. The van der Waals surface area contributed by atoms with Gasteiger partial charge in [0, 0.05) is 6.54 Å². The molecule has 0 aliphatic heterocycles. The molecule has 3 rings (SSSR count). The molecule has 0 saturated carbocycles.